The lowest BCUT2D eigenvalue weighted by Gasteiger charge is -2.32. The Balaban J connectivity index is 1.82. The summed E-state index contributed by atoms with van der Waals surface area (Å²) in [7, 11) is 0. The number of carbonyl (C=O) groups is 1. The molecule has 1 N–H and O–H groups in total. The molecule has 27 heavy (non-hydrogen) atoms. The zero-order valence-electron chi connectivity index (χ0n) is 14.1. The third kappa shape index (κ3) is 3.71. The summed E-state index contributed by atoms with van der Waals surface area (Å²) in [5, 5.41) is 9.48. The molecule has 1 heterocycles. The van der Waals surface area contributed by atoms with E-state index in [9.17, 15) is 23.1 Å². The lowest BCUT2D eigenvalue weighted by Crippen LogP contribution is -2.36. The molecule has 0 radical (unpaired) electrons. The summed E-state index contributed by atoms with van der Waals surface area (Å²) in [6.07, 6.45) is -4.76. The van der Waals surface area contributed by atoms with E-state index in [0.29, 0.717) is 0 Å². The number of aryl methyl sites for hydroxylation is 1. The lowest BCUT2D eigenvalue weighted by atomic mass is 9.77. The highest BCUT2D eigenvalue weighted by Crippen LogP contribution is 2.44. The van der Waals surface area contributed by atoms with Gasteiger partial charge in [-0.25, -0.2) is 4.39 Å². The fourth-order valence-corrected chi connectivity index (χ4v) is 3.68. The molecule has 2 atom stereocenters. The van der Waals surface area contributed by atoms with E-state index in [1.165, 1.54) is 30.5 Å². The summed E-state index contributed by atoms with van der Waals surface area (Å²) in [4.78, 5) is 16.6. The zero-order chi connectivity index (χ0) is 19.8. The van der Waals surface area contributed by atoms with Crippen LogP contribution in [0, 0.1) is 0 Å². The second-order valence-corrected chi connectivity index (χ2v) is 6.87. The number of carbonyl (C=O) groups excluding carboxylic acids is 1. The highest BCUT2D eigenvalue weighted by atomic mass is 35.5. The van der Waals surface area contributed by atoms with Gasteiger partial charge in [-0.05, 0) is 37.0 Å². The van der Waals surface area contributed by atoms with E-state index in [0.717, 1.165) is 6.07 Å². The van der Waals surface area contributed by atoms with Gasteiger partial charge in [0, 0.05) is 18.2 Å². The largest absolute Gasteiger partial charge is 0.417 e. The van der Waals surface area contributed by atoms with E-state index in [1.807, 2.05) is 0 Å². The molecule has 2 aromatic rings. The van der Waals surface area contributed by atoms with Gasteiger partial charge in [0.2, 0.25) is 0 Å². The minimum absolute atomic E-state index is 0.0175. The van der Waals surface area contributed by atoms with Crippen molar-refractivity contribution < 1.29 is 27.5 Å². The van der Waals surface area contributed by atoms with Crippen molar-refractivity contribution in [2.24, 2.45) is 0 Å². The van der Waals surface area contributed by atoms with Crippen LogP contribution in [-0.4, -0.2) is 15.9 Å². The summed E-state index contributed by atoms with van der Waals surface area (Å²) in [5.74, 6) is -0.767. The Bertz CT molecular complexity index is 871. The van der Waals surface area contributed by atoms with Crippen LogP contribution in [0.2, 0.25) is 5.02 Å². The van der Waals surface area contributed by atoms with Gasteiger partial charge in [0.25, 0.3) is 0 Å². The molecule has 1 aromatic carbocycles. The molecule has 3 rings (SSSR count). The number of nitrogens with zero attached hydrogens (tertiary/aromatic N) is 1. The van der Waals surface area contributed by atoms with Crippen LogP contribution >= 0.6 is 11.6 Å². The number of hydrogen-bond acceptors (Lipinski definition) is 3. The van der Waals surface area contributed by atoms with Gasteiger partial charge in [-0.15, -0.1) is 0 Å². The summed E-state index contributed by atoms with van der Waals surface area (Å²) >= 11 is 5.83. The smallest absolute Gasteiger partial charge is 0.387 e. The number of hydrogen-bond donors (Lipinski definition) is 1. The molecular formula is C19H16ClF4NO2. The van der Waals surface area contributed by atoms with Crippen molar-refractivity contribution >= 4 is 17.4 Å². The summed E-state index contributed by atoms with van der Waals surface area (Å²) in [6, 6.07) is 6.32. The maximum atomic E-state index is 15.5. The Morgan fingerprint density at radius 2 is 2.04 bits per heavy atom. The van der Waals surface area contributed by atoms with E-state index in [1.54, 1.807) is 0 Å². The van der Waals surface area contributed by atoms with Crippen molar-refractivity contribution in [3.8, 4) is 0 Å². The third-order valence-corrected chi connectivity index (χ3v) is 5.24. The van der Waals surface area contributed by atoms with Crippen molar-refractivity contribution in [1.82, 2.24) is 4.98 Å². The fourth-order valence-electron chi connectivity index (χ4n) is 3.35. The lowest BCUT2D eigenvalue weighted by molar-refractivity contribution is -0.137. The first-order valence-electron chi connectivity index (χ1n) is 8.35. The van der Waals surface area contributed by atoms with Crippen molar-refractivity contribution in [3.05, 3.63) is 63.9 Å². The normalized spacial score (nSPS) is 22.4. The maximum absolute atomic E-state index is 15.5. The van der Waals surface area contributed by atoms with Gasteiger partial charge in [0.05, 0.1) is 22.4 Å². The second kappa shape index (κ2) is 7.20. The van der Waals surface area contributed by atoms with Gasteiger partial charge in [0.15, 0.2) is 11.5 Å². The molecule has 1 aliphatic rings. The average Bonchev–Trinajstić information content (AvgIpc) is 2.63. The number of aliphatic hydroxyl groups is 1. The zero-order valence-corrected chi connectivity index (χ0v) is 14.8. The Labute approximate surface area is 158 Å². The minimum atomic E-state index is -4.61. The molecular weight excluding hydrogens is 386 g/mol. The molecule has 0 aliphatic heterocycles. The number of ketones is 1. The van der Waals surface area contributed by atoms with Gasteiger partial charge < -0.3 is 5.11 Å². The third-order valence-electron chi connectivity index (χ3n) is 4.79. The van der Waals surface area contributed by atoms with Gasteiger partial charge in [-0.1, -0.05) is 29.8 Å². The Morgan fingerprint density at radius 3 is 2.74 bits per heavy atom. The van der Waals surface area contributed by atoms with E-state index in [2.05, 4.69) is 4.98 Å². The van der Waals surface area contributed by atoms with Crippen LogP contribution in [0.25, 0.3) is 0 Å². The molecule has 0 bridgehead atoms. The van der Waals surface area contributed by atoms with Crippen LogP contribution in [-0.2, 0) is 23.1 Å². The number of Topliss-reactive ketones (excluding diaryl/α,β-unsaturated/α-hetero) is 1. The highest BCUT2D eigenvalue weighted by molar-refractivity contribution is 6.32. The molecule has 144 valence electrons. The van der Waals surface area contributed by atoms with Crippen molar-refractivity contribution in [3.63, 3.8) is 0 Å². The SMILES string of the molecule is O=C(CCc1cccc(C(F)(F)F)c1Cl)[C@@]1(F)CC[C@H](O)c2ncccc21. The van der Waals surface area contributed by atoms with Gasteiger partial charge in [-0.2, -0.15) is 13.2 Å². The monoisotopic (exact) mass is 401 g/mol. The molecule has 0 fully saturated rings. The van der Waals surface area contributed by atoms with Crippen LogP contribution in [0.4, 0.5) is 17.6 Å². The second-order valence-electron chi connectivity index (χ2n) is 6.49. The van der Waals surface area contributed by atoms with Crippen molar-refractivity contribution in [1.29, 1.82) is 0 Å². The van der Waals surface area contributed by atoms with E-state index >= 15 is 4.39 Å². The van der Waals surface area contributed by atoms with Crippen molar-refractivity contribution in [2.45, 2.75) is 43.6 Å². The van der Waals surface area contributed by atoms with Gasteiger partial charge in [0.1, 0.15) is 0 Å². The number of pyridine rings is 1. The van der Waals surface area contributed by atoms with E-state index in [4.69, 9.17) is 11.6 Å². The summed E-state index contributed by atoms with van der Waals surface area (Å²) < 4.78 is 54.3. The quantitative estimate of drug-likeness (QED) is 0.738. The van der Waals surface area contributed by atoms with Crippen LogP contribution in [0.3, 0.4) is 0 Å². The minimum Gasteiger partial charge on any atom is -0.387 e. The predicted octanol–water partition coefficient (Wildman–Crippen LogP) is 4.95. The molecule has 0 amide bonds. The summed E-state index contributed by atoms with van der Waals surface area (Å²) in [5.41, 5.74) is -3.04. The number of alkyl halides is 4. The maximum Gasteiger partial charge on any atom is 0.417 e. The first-order chi connectivity index (χ1) is 12.6. The molecule has 1 aliphatic carbocycles. The molecule has 0 spiro atoms. The number of benzene rings is 1. The highest BCUT2D eigenvalue weighted by Gasteiger charge is 2.46. The van der Waals surface area contributed by atoms with Crippen LogP contribution in [0.15, 0.2) is 36.5 Å². The Kier molecular flexibility index (Phi) is 5.27. The van der Waals surface area contributed by atoms with Crippen LogP contribution in [0.1, 0.15) is 47.8 Å². The molecule has 3 nitrogen and oxygen atoms in total. The van der Waals surface area contributed by atoms with Crippen LogP contribution in [0.5, 0.6) is 0 Å². The molecule has 1 aromatic heterocycles. The first kappa shape index (κ1) is 19.8. The van der Waals surface area contributed by atoms with Gasteiger partial charge in [-0.3, -0.25) is 9.78 Å². The molecule has 0 saturated carbocycles. The van der Waals surface area contributed by atoms with E-state index in [-0.39, 0.29) is 42.5 Å². The van der Waals surface area contributed by atoms with Gasteiger partial charge >= 0.3 is 6.18 Å². The Hall–Kier alpha value is -1.99. The topological polar surface area (TPSA) is 50.2 Å². The van der Waals surface area contributed by atoms with Crippen molar-refractivity contribution in [2.75, 3.05) is 0 Å². The molecule has 0 saturated heterocycles. The number of rotatable bonds is 4. The van der Waals surface area contributed by atoms with E-state index < -0.39 is 34.3 Å². The summed E-state index contributed by atoms with van der Waals surface area (Å²) in [6.45, 7) is 0. The predicted molar refractivity (Wildman–Crippen MR) is 91.0 cm³/mol. The number of fused-ring (bicyclic) bond motifs is 1. The standard InChI is InChI=1S/C19H16ClF4NO2/c20-16-11(3-1-4-12(16)19(22,23)24)6-7-15(27)18(21)9-8-14(26)17-13(18)5-2-10-25-17/h1-5,10,14,26H,6-9H2/t14-,18+/m0/s1. The molecule has 0 unspecified atom stereocenters. The van der Waals surface area contributed by atoms with Crippen LogP contribution < -0.4 is 0 Å². The molecule has 8 heteroatoms. The fraction of sp³-hybridized carbons (Fsp3) is 0.368. The number of halogens is 5. The average molecular weight is 402 g/mol. The number of aliphatic hydroxyl groups excluding tert-OH is 1. The first-order valence-corrected chi connectivity index (χ1v) is 8.72. The number of aromatic nitrogens is 1. The Morgan fingerprint density at radius 1 is 1.30 bits per heavy atom.